The van der Waals surface area contributed by atoms with Gasteiger partial charge in [-0.3, -0.25) is 0 Å². The molecule has 2 rings (SSSR count). The fourth-order valence-corrected chi connectivity index (χ4v) is 2.58. The maximum absolute atomic E-state index is 12.7. The average Bonchev–Trinajstić information content (AvgIpc) is 3.08. The Kier molecular flexibility index (Phi) is 4.49. The highest BCUT2D eigenvalue weighted by atomic mass is 35.5. The Labute approximate surface area is 121 Å². The first-order valence-electron chi connectivity index (χ1n) is 6.63. The molecule has 20 heavy (non-hydrogen) atoms. The van der Waals surface area contributed by atoms with E-state index in [-0.39, 0.29) is 12.1 Å². The number of rotatable bonds is 5. The van der Waals surface area contributed by atoms with Crippen LogP contribution in [0.3, 0.4) is 0 Å². The van der Waals surface area contributed by atoms with Gasteiger partial charge in [-0.15, -0.1) is 0 Å². The molecule has 1 aromatic rings. The van der Waals surface area contributed by atoms with Crippen LogP contribution in [0, 0.1) is 0 Å². The number of anilines is 1. The summed E-state index contributed by atoms with van der Waals surface area (Å²) in [5, 5.41) is 0.360. The molecule has 0 aromatic heterocycles. The minimum absolute atomic E-state index is 0.00775. The van der Waals surface area contributed by atoms with Gasteiger partial charge >= 0.3 is 6.18 Å². The summed E-state index contributed by atoms with van der Waals surface area (Å²) in [4.78, 5) is 1.36. The quantitative estimate of drug-likeness (QED) is 0.897. The molecule has 6 heteroatoms. The van der Waals surface area contributed by atoms with E-state index in [1.165, 1.54) is 4.90 Å². The molecule has 1 fully saturated rings. The summed E-state index contributed by atoms with van der Waals surface area (Å²) < 4.78 is 38.0. The largest absolute Gasteiger partial charge is 0.405 e. The molecule has 1 saturated carbocycles. The topological polar surface area (TPSA) is 29.3 Å². The lowest BCUT2D eigenvalue weighted by Crippen LogP contribution is -2.36. The predicted octanol–water partition coefficient (Wildman–Crippen LogP) is 3.76. The zero-order valence-corrected chi connectivity index (χ0v) is 12.0. The molecule has 0 saturated heterocycles. The molecule has 1 aliphatic carbocycles. The summed E-state index contributed by atoms with van der Waals surface area (Å²) in [5.74, 6) is 0. The highest BCUT2D eigenvalue weighted by Gasteiger charge is 2.38. The second-order valence-electron chi connectivity index (χ2n) is 5.44. The molecule has 1 atom stereocenters. The van der Waals surface area contributed by atoms with Crippen LogP contribution in [0.15, 0.2) is 18.2 Å². The molecule has 1 aliphatic rings. The summed E-state index contributed by atoms with van der Waals surface area (Å²) in [6.07, 6.45) is -2.00. The average molecular weight is 307 g/mol. The van der Waals surface area contributed by atoms with Crippen molar-refractivity contribution in [3.63, 3.8) is 0 Å². The highest BCUT2D eigenvalue weighted by molar-refractivity contribution is 6.33. The van der Waals surface area contributed by atoms with Crippen LogP contribution in [-0.4, -0.2) is 24.8 Å². The van der Waals surface area contributed by atoms with Crippen molar-refractivity contribution < 1.29 is 13.2 Å². The van der Waals surface area contributed by atoms with Gasteiger partial charge in [0.15, 0.2) is 0 Å². The number of hydrogen-bond acceptors (Lipinski definition) is 2. The van der Waals surface area contributed by atoms with E-state index in [0.29, 0.717) is 17.1 Å². The van der Waals surface area contributed by atoms with Crippen LogP contribution in [-0.2, 0) is 6.42 Å². The van der Waals surface area contributed by atoms with E-state index in [2.05, 4.69) is 0 Å². The fraction of sp³-hybridized carbons (Fsp3) is 0.571. The van der Waals surface area contributed by atoms with Crippen LogP contribution in [0.25, 0.3) is 0 Å². The number of hydrogen-bond donors (Lipinski definition) is 1. The zero-order valence-electron chi connectivity index (χ0n) is 11.3. The van der Waals surface area contributed by atoms with Crippen LogP contribution < -0.4 is 10.6 Å². The first-order chi connectivity index (χ1) is 9.26. The molecule has 0 amide bonds. The Morgan fingerprint density at radius 3 is 2.50 bits per heavy atom. The van der Waals surface area contributed by atoms with Gasteiger partial charge in [-0.1, -0.05) is 17.7 Å². The molecule has 1 unspecified atom stereocenters. The van der Waals surface area contributed by atoms with Crippen molar-refractivity contribution in [2.75, 3.05) is 11.4 Å². The summed E-state index contributed by atoms with van der Waals surface area (Å²) in [6, 6.07) is 5.13. The molecule has 112 valence electrons. The number of nitrogens with zero attached hydrogens (tertiary/aromatic N) is 1. The van der Waals surface area contributed by atoms with Crippen molar-refractivity contribution in [1.82, 2.24) is 0 Å². The third-order valence-electron chi connectivity index (χ3n) is 3.22. The molecule has 0 bridgehead atoms. The smallest absolute Gasteiger partial charge is 0.358 e. The van der Waals surface area contributed by atoms with Crippen molar-refractivity contribution in [3.8, 4) is 0 Å². The molecule has 1 aromatic carbocycles. The molecule has 0 heterocycles. The van der Waals surface area contributed by atoms with Crippen molar-refractivity contribution in [3.05, 3.63) is 28.8 Å². The molecule has 2 nitrogen and oxygen atoms in total. The molecule has 2 N–H and O–H groups in total. The maximum atomic E-state index is 12.7. The summed E-state index contributed by atoms with van der Waals surface area (Å²) in [7, 11) is 0. The predicted molar refractivity (Wildman–Crippen MR) is 75.2 cm³/mol. The second kappa shape index (κ2) is 5.82. The SMILES string of the molecule is CC(N)Cc1ccc(N(CC(F)(F)F)C2CC2)c(Cl)c1. The van der Waals surface area contributed by atoms with E-state index in [1.807, 2.05) is 6.92 Å². The van der Waals surface area contributed by atoms with Gasteiger partial charge in [-0.25, -0.2) is 0 Å². The Bertz CT molecular complexity index is 470. The van der Waals surface area contributed by atoms with Crippen LogP contribution >= 0.6 is 11.6 Å². The Morgan fingerprint density at radius 2 is 2.05 bits per heavy atom. The fourth-order valence-electron chi connectivity index (χ4n) is 2.27. The minimum Gasteiger partial charge on any atom is -0.358 e. The van der Waals surface area contributed by atoms with Gasteiger partial charge in [-0.05, 0) is 43.9 Å². The van der Waals surface area contributed by atoms with Crippen molar-refractivity contribution in [2.45, 2.75) is 44.4 Å². The lowest BCUT2D eigenvalue weighted by atomic mass is 10.1. The van der Waals surface area contributed by atoms with E-state index >= 15 is 0 Å². The Balaban J connectivity index is 2.21. The lowest BCUT2D eigenvalue weighted by Gasteiger charge is -2.27. The standard InChI is InChI=1S/C14H18ClF3N2/c1-9(19)6-10-2-5-13(12(15)7-10)20(11-3-4-11)8-14(16,17)18/h2,5,7,9,11H,3-4,6,8,19H2,1H3. The molecular formula is C14H18ClF3N2. The summed E-state index contributed by atoms with van der Waals surface area (Å²) in [5.41, 5.74) is 7.11. The van der Waals surface area contributed by atoms with E-state index in [4.69, 9.17) is 17.3 Å². The normalized spacial score (nSPS) is 17.1. The zero-order chi connectivity index (χ0) is 14.9. The first-order valence-corrected chi connectivity index (χ1v) is 7.01. The van der Waals surface area contributed by atoms with Crippen LogP contribution in [0.1, 0.15) is 25.3 Å². The van der Waals surface area contributed by atoms with Crippen molar-refractivity contribution in [1.29, 1.82) is 0 Å². The number of halogens is 4. The van der Waals surface area contributed by atoms with Crippen LogP contribution in [0.4, 0.5) is 18.9 Å². The van der Waals surface area contributed by atoms with Gasteiger partial charge < -0.3 is 10.6 Å². The third-order valence-corrected chi connectivity index (χ3v) is 3.52. The van der Waals surface area contributed by atoms with Gasteiger partial charge in [0.2, 0.25) is 0 Å². The maximum Gasteiger partial charge on any atom is 0.405 e. The number of nitrogens with two attached hydrogens (primary N) is 1. The Morgan fingerprint density at radius 1 is 1.40 bits per heavy atom. The Hall–Kier alpha value is -0.940. The lowest BCUT2D eigenvalue weighted by molar-refractivity contribution is -0.119. The highest BCUT2D eigenvalue weighted by Crippen LogP contribution is 2.38. The number of benzene rings is 1. The molecule has 0 radical (unpaired) electrons. The van der Waals surface area contributed by atoms with E-state index < -0.39 is 12.7 Å². The van der Waals surface area contributed by atoms with Gasteiger partial charge in [0.05, 0.1) is 10.7 Å². The van der Waals surface area contributed by atoms with E-state index in [1.54, 1.807) is 18.2 Å². The summed E-state index contributed by atoms with van der Waals surface area (Å²) >= 11 is 6.16. The van der Waals surface area contributed by atoms with Gasteiger partial charge in [-0.2, -0.15) is 13.2 Å². The molecule has 0 aliphatic heterocycles. The number of alkyl halides is 3. The van der Waals surface area contributed by atoms with Gasteiger partial charge in [0, 0.05) is 12.1 Å². The molecule has 0 spiro atoms. The monoisotopic (exact) mass is 306 g/mol. The second-order valence-corrected chi connectivity index (χ2v) is 5.85. The first kappa shape index (κ1) is 15.4. The summed E-state index contributed by atoms with van der Waals surface area (Å²) in [6.45, 7) is 0.923. The van der Waals surface area contributed by atoms with Crippen LogP contribution in [0.5, 0.6) is 0 Å². The van der Waals surface area contributed by atoms with Gasteiger partial charge in [0.25, 0.3) is 0 Å². The molecular weight excluding hydrogens is 289 g/mol. The van der Waals surface area contributed by atoms with Crippen molar-refractivity contribution >= 4 is 17.3 Å². The van der Waals surface area contributed by atoms with Crippen molar-refractivity contribution in [2.24, 2.45) is 5.73 Å². The van der Waals surface area contributed by atoms with E-state index in [9.17, 15) is 13.2 Å². The van der Waals surface area contributed by atoms with Crippen LogP contribution in [0.2, 0.25) is 5.02 Å². The third kappa shape index (κ3) is 4.28. The van der Waals surface area contributed by atoms with E-state index in [0.717, 1.165) is 18.4 Å². The van der Waals surface area contributed by atoms with Gasteiger partial charge in [0.1, 0.15) is 6.54 Å². The minimum atomic E-state index is -4.23.